The second-order valence-corrected chi connectivity index (χ2v) is 5.60. The number of nitrogens with one attached hydrogen (secondary N) is 2. The Labute approximate surface area is 117 Å². The molecule has 108 valence electrons. The Bertz CT molecular complexity index is 413. The van der Waals surface area contributed by atoms with Crippen LogP contribution < -0.4 is 10.6 Å². The standard InChI is InChI=1S/C15H28N4/c1-7-10-16-13-11(4)14(18-12(8-2)17-13)19-15(5,6)9-3/h7-10H2,1-6H3,(H2,16,17,18,19). The van der Waals surface area contributed by atoms with Gasteiger partial charge in [-0.05, 0) is 33.6 Å². The predicted molar refractivity (Wildman–Crippen MR) is 82.9 cm³/mol. The molecule has 0 atom stereocenters. The van der Waals surface area contributed by atoms with Crippen molar-refractivity contribution in [2.75, 3.05) is 17.2 Å². The van der Waals surface area contributed by atoms with E-state index < -0.39 is 0 Å². The normalized spacial score (nSPS) is 11.5. The smallest absolute Gasteiger partial charge is 0.135 e. The highest BCUT2D eigenvalue weighted by atomic mass is 15.1. The van der Waals surface area contributed by atoms with Crippen LogP contribution in [0.3, 0.4) is 0 Å². The topological polar surface area (TPSA) is 49.8 Å². The molecular weight excluding hydrogens is 236 g/mol. The molecule has 0 aliphatic carbocycles. The van der Waals surface area contributed by atoms with Crippen molar-refractivity contribution in [1.82, 2.24) is 9.97 Å². The van der Waals surface area contributed by atoms with Gasteiger partial charge in [-0.25, -0.2) is 9.97 Å². The molecular formula is C15H28N4. The van der Waals surface area contributed by atoms with Crippen LogP contribution in [-0.4, -0.2) is 22.1 Å². The van der Waals surface area contributed by atoms with Crippen LogP contribution in [0.1, 0.15) is 58.8 Å². The number of nitrogens with zero attached hydrogens (tertiary/aromatic N) is 2. The molecule has 0 saturated heterocycles. The number of anilines is 2. The Morgan fingerprint density at radius 3 is 2.21 bits per heavy atom. The average molecular weight is 264 g/mol. The lowest BCUT2D eigenvalue weighted by molar-refractivity contribution is 0.543. The summed E-state index contributed by atoms with van der Waals surface area (Å²) in [6.07, 6.45) is 2.99. The first-order valence-corrected chi connectivity index (χ1v) is 7.33. The molecule has 0 aromatic carbocycles. The van der Waals surface area contributed by atoms with Gasteiger partial charge >= 0.3 is 0 Å². The lowest BCUT2D eigenvalue weighted by Crippen LogP contribution is -2.31. The highest BCUT2D eigenvalue weighted by Crippen LogP contribution is 2.24. The molecule has 2 N–H and O–H groups in total. The summed E-state index contributed by atoms with van der Waals surface area (Å²) in [5.74, 6) is 2.80. The Morgan fingerprint density at radius 1 is 1.05 bits per heavy atom. The molecule has 0 bridgehead atoms. The monoisotopic (exact) mass is 264 g/mol. The fourth-order valence-electron chi connectivity index (χ4n) is 1.67. The molecule has 0 amide bonds. The predicted octanol–water partition coefficient (Wildman–Crippen LogP) is 3.77. The van der Waals surface area contributed by atoms with Gasteiger partial charge in [0.15, 0.2) is 0 Å². The van der Waals surface area contributed by atoms with Crippen molar-refractivity contribution in [1.29, 1.82) is 0 Å². The van der Waals surface area contributed by atoms with E-state index >= 15 is 0 Å². The summed E-state index contributed by atoms with van der Waals surface area (Å²) in [6, 6.07) is 0. The zero-order chi connectivity index (χ0) is 14.5. The molecule has 0 fully saturated rings. The van der Waals surface area contributed by atoms with Gasteiger partial charge in [0.2, 0.25) is 0 Å². The van der Waals surface area contributed by atoms with Crippen molar-refractivity contribution < 1.29 is 0 Å². The highest BCUT2D eigenvalue weighted by molar-refractivity contribution is 5.58. The van der Waals surface area contributed by atoms with Crippen LogP contribution in [0.15, 0.2) is 0 Å². The van der Waals surface area contributed by atoms with E-state index in [-0.39, 0.29) is 5.54 Å². The van der Waals surface area contributed by atoms with Crippen LogP contribution in [0.2, 0.25) is 0 Å². The first-order chi connectivity index (χ1) is 8.93. The van der Waals surface area contributed by atoms with Crippen molar-refractivity contribution in [3.63, 3.8) is 0 Å². The Hall–Kier alpha value is -1.32. The van der Waals surface area contributed by atoms with E-state index in [1.165, 1.54) is 0 Å². The van der Waals surface area contributed by atoms with Gasteiger partial charge in [0.1, 0.15) is 17.5 Å². The van der Waals surface area contributed by atoms with E-state index in [0.29, 0.717) is 0 Å². The quantitative estimate of drug-likeness (QED) is 0.787. The maximum atomic E-state index is 4.63. The van der Waals surface area contributed by atoms with Crippen molar-refractivity contribution in [2.24, 2.45) is 0 Å². The second-order valence-electron chi connectivity index (χ2n) is 5.60. The summed E-state index contributed by atoms with van der Waals surface area (Å²) >= 11 is 0. The molecule has 4 heteroatoms. The largest absolute Gasteiger partial charge is 0.370 e. The van der Waals surface area contributed by atoms with Gasteiger partial charge < -0.3 is 10.6 Å². The summed E-state index contributed by atoms with van der Waals surface area (Å²) in [5.41, 5.74) is 1.15. The summed E-state index contributed by atoms with van der Waals surface area (Å²) in [6.45, 7) is 13.8. The molecule has 0 saturated carbocycles. The van der Waals surface area contributed by atoms with Crippen molar-refractivity contribution in [2.45, 2.75) is 66.3 Å². The summed E-state index contributed by atoms with van der Waals surface area (Å²) in [4.78, 5) is 9.21. The van der Waals surface area contributed by atoms with E-state index in [0.717, 1.165) is 48.8 Å². The van der Waals surface area contributed by atoms with E-state index in [1.54, 1.807) is 0 Å². The molecule has 1 aromatic heterocycles. The van der Waals surface area contributed by atoms with E-state index in [1.807, 2.05) is 0 Å². The van der Waals surface area contributed by atoms with Crippen LogP contribution in [0, 0.1) is 6.92 Å². The fourth-order valence-corrected chi connectivity index (χ4v) is 1.67. The molecule has 4 nitrogen and oxygen atoms in total. The van der Waals surface area contributed by atoms with Gasteiger partial charge in [-0.1, -0.05) is 20.8 Å². The molecule has 0 spiro atoms. The average Bonchev–Trinajstić information content (AvgIpc) is 2.39. The molecule has 19 heavy (non-hydrogen) atoms. The minimum atomic E-state index is 0.0478. The van der Waals surface area contributed by atoms with Crippen molar-refractivity contribution in [3.8, 4) is 0 Å². The third-order valence-corrected chi connectivity index (χ3v) is 3.39. The maximum absolute atomic E-state index is 4.63. The molecule has 0 aliphatic heterocycles. The molecule has 0 unspecified atom stereocenters. The van der Waals surface area contributed by atoms with E-state index in [9.17, 15) is 0 Å². The first kappa shape index (κ1) is 15.7. The van der Waals surface area contributed by atoms with Gasteiger partial charge in [0, 0.05) is 24.1 Å². The third-order valence-electron chi connectivity index (χ3n) is 3.39. The lowest BCUT2D eigenvalue weighted by atomic mass is 10.0. The second kappa shape index (κ2) is 6.73. The highest BCUT2D eigenvalue weighted by Gasteiger charge is 2.18. The SMILES string of the molecule is CCCNc1nc(CC)nc(NC(C)(C)CC)c1C. The summed E-state index contributed by atoms with van der Waals surface area (Å²) in [5, 5.41) is 6.93. The van der Waals surface area contributed by atoms with Crippen molar-refractivity contribution >= 4 is 11.6 Å². The Kier molecular flexibility index (Phi) is 5.58. The Balaban J connectivity index is 3.08. The fraction of sp³-hybridized carbons (Fsp3) is 0.733. The van der Waals surface area contributed by atoms with Gasteiger partial charge in [0.25, 0.3) is 0 Å². The number of hydrogen-bond donors (Lipinski definition) is 2. The van der Waals surface area contributed by atoms with E-state index in [2.05, 4.69) is 62.1 Å². The van der Waals surface area contributed by atoms with Crippen molar-refractivity contribution in [3.05, 3.63) is 11.4 Å². The third kappa shape index (κ3) is 4.37. The minimum Gasteiger partial charge on any atom is -0.370 e. The minimum absolute atomic E-state index is 0.0478. The van der Waals surface area contributed by atoms with E-state index in [4.69, 9.17) is 0 Å². The molecule has 1 heterocycles. The van der Waals surface area contributed by atoms with Gasteiger partial charge in [-0.3, -0.25) is 0 Å². The molecule has 0 radical (unpaired) electrons. The Morgan fingerprint density at radius 2 is 1.68 bits per heavy atom. The van der Waals surface area contributed by atoms with Gasteiger partial charge in [-0.2, -0.15) is 0 Å². The van der Waals surface area contributed by atoms with Crippen LogP contribution in [0.25, 0.3) is 0 Å². The summed E-state index contributed by atoms with van der Waals surface area (Å²) in [7, 11) is 0. The molecule has 0 aliphatic rings. The van der Waals surface area contributed by atoms with Gasteiger partial charge in [-0.15, -0.1) is 0 Å². The zero-order valence-corrected chi connectivity index (χ0v) is 13.2. The van der Waals surface area contributed by atoms with Crippen LogP contribution in [0.5, 0.6) is 0 Å². The molecule has 1 rings (SSSR count). The van der Waals surface area contributed by atoms with Crippen LogP contribution in [0.4, 0.5) is 11.6 Å². The lowest BCUT2D eigenvalue weighted by Gasteiger charge is -2.27. The summed E-state index contributed by atoms with van der Waals surface area (Å²) < 4.78 is 0. The number of aryl methyl sites for hydroxylation is 1. The zero-order valence-electron chi connectivity index (χ0n) is 13.2. The van der Waals surface area contributed by atoms with Crippen LogP contribution in [-0.2, 0) is 6.42 Å². The number of hydrogen-bond acceptors (Lipinski definition) is 4. The van der Waals surface area contributed by atoms with Crippen LogP contribution >= 0.6 is 0 Å². The molecule has 1 aromatic rings. The first-order valence-electron chi connectivity index (χ1n) is 7.33. The maximum Gasteiger partial charge on any atom is 0.135 e. The van der Waals surface area contributed by atoms with Gasteiger partial charge in [0.05, 0.1) is 0 Å². The number of aromatic nitrogens is 2. The number of rotatable bonds is 7.